The van der Waals surface area contributed by atoms with Gasteiger partial charge >= 0.3 is 0 Å². The van der Waals surface area contributed by atoms with Crippen molar-refractivity contribution in [2.45, 2.75) is 23.5 Å². The summed E-state index contributed by atoms with van der Waals surface area (Å²) < 4.78 is 24.9. The zero-order valence-corrected chi connectivity index (χ0v) is 16.8. The first-order valence-electron chi connectivity index (χ1n) is 9.47. The Morgan fingerprint density at radius 1 is 1.07 bits per heavy atom. The number of carbonyl (C=O) groups excluding carboxylic acids is 1. The number of benzene rings is 1. The fraction of sp³-hybridized carbons (Fsp3) is 0.238. The summed E-state index contributed by atoms with van der Waals surface area (Å²) >= 11 is 0.463. The Bertz CT molecular complexity index is 1010. The summed E-state index contributed by atoms with van der Waals surface area (Å²) in [6, 6.07) is 8.08. The molecule has 1 aliphatic rings. The highest BCUT2D eigenvalue weighted by atomic mass is 32.2. The second kappa shape index (κ2) is 9.17. The predicted octanol–water partition coefficient (Wildman–Crippen LogP) is 4.71. The van der Waals surface area contributed by atoms with E-state index in [0.29, 0.717) is 27.9 Å². The Labute approximate surface area is 176 Å². The van der Waals surface area contributed by atoms with E-state index in [1.807, 2.05) is 0 Å². The average Bonchev–Trinajstić information content (AvgIpc) is 3.30. The van der Waals surface area contributed by atoms with Gasteiger partial charge in [0.2, 0.25) is 0 Å². The van der Waals surface area contributed by atoms with Gasteiger partial charge in [0.05, 0.1) is 5.56 Å². The van der Waals surface area contributed by atoms with Crippen LogP contribution in [0.5, 0.6) is 0 Å². The van der Waals surface area contributed by atoms with E-state index in [1.165, 1.54) is 6.33 Å². The van der Waals surface area contributed by atoms with Crippen molar-refractivity contribution in [2.75, 3.05) is 23.3 Å². The van der Waals surface area contributed by atoms with E-state index in [1.54, 1.807) is 48.9 Å². The fourth-order valence-electron chi connectivity index (χ4n) is 3.34. The molecule has 3 heterocycles. The lowest BCUT2D eigenvalue weighted by molar-refractivity contribution is 0.102. The molecule has 154 valence electrons. The standard InChI is InChI=1S/C21H19F2N5OS/c22-21(23)30-17-5-3-16(4-6-17)27-20(29)14-9-18(15-10-24-13-25-11-15)19(26-12-14)28-7-1-2-8-28/h3-6,9-13,21H,1-2,7-8H2,(H,27,29). The number of nitrogens with one attached hydrogen (secondary N) is 1. The van der Waals surface area contributed by atoms with Crippen molar-refractivity contribution in [3.8, 4) is 11.1 Å². The number of rotatable bonds is 6. The molecule has 1 aromatic carbocycles. The summed E-state index contributed by atoms with van der Waals surface area (Å²) in [7, 11) is 0. The largest absolute Gasteiger partial charge is 0.356 e. The molecule has 0 atom stereocenters. The van der Waals surface area contributed by atoms with Crippen LogP contribution in [0.15, 0.2) is 60.1 Å². The molecular weight excluding hydrogens is 408 g/mol. The van der Waals surface area contributed by atoms with E-state index in [2.05, 4.69) is 25.2 Å². The van der Waals surface area contributed by atoms with E-state index < -0.39 is 5.76 Å². The first-order valence-corrected chi connectivity index (χ1v) is 10.3. The van der Waals surface area contributed by atoms with E-state index >= 15 is 0 Å². The summed E-state index contributed by atoms with van der Waals surface area (Å²) in [4.78, 5) is 28.1. The first kappa shape index (κ1) is 20.2. The van der Waals surface area contributed by atoms with Gasteiger partial charge in [0, 0.05) is 53.4 Å². The third kappa shape index (κ3) is 4.73. The molecule has 0 aliphatic carbocycles. The first-order chi connectivity index (χ1) is 14.6. The van der Waals surface area contributed by atoms with Gasteiger partial charge in [0.1, 0.15) is 12.1 Å². The molecule has 3 aromatic rings. The molecule has 0 saturated carbocycles. The zero-order chi connectivity index (χ0) is 20.9. The lowest BCUT2D eigenvalue weighted by atomic mass is 10.1. The molecule has 1 amide bonds. The number of anilines is 2. The van der Waals surface area contributed by atoms with Crippen LogP contribution in [0.25, 0.3) is 11.1 Å². The van der Waals surface area contributed by atoms with Crippen molar-refractivity contribution >= 4 is 29.2 Å². The van der Waals surface area contributed by atoms with Crippen LogP contribution in [0.4, 0.5) is 20.3 Å². The maximum atomic E-state index is 12.8. The average molecular weight is 427 g/mol. The van der Waals surface area contributed by atoms with E-state index in [0.717, 1.165) is 42.9 Å². The van der Waals surface area contributed by atoms with Crippen LogP contribution in [-0.2, 0) is 0 Å². The summed E-state index contributed by atoms with van der Waals surface area (Å²) in [5.74, 6) is -2.00. The maximum Gasteiger partial charge on any atom is 0.288 e. The molecule has 1 N–H and O–H groups in total. The Hall–Kier alpha value is -3.07. The van der Waals surface area contributed by atoms with E-state index in [-0.39, 0.29) is 5.91 Å². The third-order valence-corrected chi connectivity index (χ3v) is 5.47. The molecular formula is C21H19F2N5OS. The van der Waals surface area contributed by atoms with Crippen LogP contribution < -0.4 is 10.2 Å². The Kier molecular flexibility index (Phi) is 6.18. The number of amides is 1. The number of halogens is 2. The molecule has 1 aliphatic heterocycles. The van der Waals surface area contributed by atoms with E-state index in [4.69, 9.17) is 0 Å². The normalized spacial score (nSPS) is 13.6. The van der Waals surface area contributed by atoms with Crippen LogP contribution in [0.3, 0.4) is 0 Å². The second-order valence-electron chi connectivity index (χ2n) is 6.77. The van der Waals surface area contributed by atoms with Crippen LogP contribution in [-0.4, -0.2) is 39.7 Å². The van der Waals surface area contributed by atoms with Gasteiger partial charge in [-0.25, -0.2) is 15.0 Å². The lowest BCUT2D eigenvalue weighted by Crippen LogP contribution is -2.21. The molecule has 1 fully saturated rings. The Morgan fingerprint density at radius 3 is 2.43 bits per heavy atom. The van der Waals surface area contributed by atoms with Gasteiger partial charge in [-0.3, -0.25) is 4.79 Å². The second-order valence-corrected chi connectivity index (χ2v) is 7.84. The minimum absolute atomic E-state index is 0.331. The number of alkyl halides is 2. The van der Waals surface area contributed by atoms with Crippen molar-refractivity contribution in [1.82, 2.24) is 15.0 Å². The molecule has 0 unspecified atom stereocenters. The highest BCUT2D eigenvalue weighted by Crippen LogP contribution is 2.31. The SMILES string of the molecule is O=C(Nc1ccc(SC(F)F)cc1)c1cnc(N2CCCC2)c(-c2cncnc2)c1. The van der Waals surface area contributed by atoms with Crippen LogP contribution in [0, 0.1) is 0 Å². The van der Waals surface area contributed by atoms with Crippen molar-refractivity contribution in [3.05, 3.63) is 60.8 Å². The number of nitrogens with zero attached hydrogens (tertiary/aromatic N) is 4. The van der Waals surface area contributed by atoms with Crippen LogP contribution >= 0.6 is 11.8 Å². The molecule has 4 rings (SSSR count). The molecule has 1 saturated heterocycles. The highest BCUT2D eigenvalue weighted by molar-refractivity contribution is 7.99. The number of thioether (sulfide) groups is 1. The van der Waals surface area contributed by atoms with Crippen molar-refractivity contribution < 1.29 is 13.6 Å². The molecule has 0 spiro atoms. The summed E-state index contributed by atoms with van der Waals surface area (Å²) in [6.45, 7) is 1.84. The Balaban J connectivity index is 1.58. The number of pyridine rings is 1. The van der Waals surface area contributed by atoms with E-state index in [9.17, 15) is 13.6 Å². The van der Waals surface area contributed by atoms with Gasteiger partial charge in [-0.15, -0.1) is 0 Å². The lowest BCUT2D eigenvalue weighted by Gasteiger charge is -2.20. The van der Waals surface area contributed by atoms with Gasteiger partial charge in [-0.2, -0.15) is 8.78 Å². The summed E-state index contributed by atoms with van der Waals surface area (Å²) in [5, 5.41) is 2.79. The van der Waals surface area contributed by atoms with Crippen LogP contribution in [0.1, 0.15) is 23.2 Å². The summed E-state index contributed by atoms with van der Waals surface area (Å²) in [6.07, 6.45) is 8.62. The van der Waals surface area contributed by atoms with Gasteiger partial charge in [0.15, 0.2) is 0 Å². The maximum absolute atomic E-state index is 12.8. The van der Waals surface area contributed by atoms with Gasteiger partial charge in [-0.1, -0.05) is 11.8 Å². The smallest absolute Gasteiger partial charge is 0.288 e. The molecule has 0 radical (unpaired) electrons. The highest BCUT2D eigenvalue weighted by Gasteiger charge is 2.20. The molecule has 0 bridgehead atoms. The fourth-order valence-corrected chi connectivity index (χ4v) is 3.84. The molecule has 6 nitrogen and oxygen atoms in total. The Morgan fingerprint density at radius 2 is 1.77 bits per heavy atom. The third-order valence-electron chi connectivity index (χ3n) is 4.74. The quantitative estimate of drug-likeness (QED) is 0.575. The van der Waals surface area contributed by atoms with Crippen molar-refractivity contribution in [1.29, 1.82) is 0 Å². The van der Waals surface area contributed by atoms with Gasteiger partial charge in [0.25, 0.3) is 11.7 Å². The topological polar surface area (TPSA) is 71.0 Å². The molecule has 30 heavy (non-hydrogen) atoms. The predicted molar refractivity (Wildman–Crippen MR) is 113 cm³/mol. The number of carbonyl (C=O) groups is 1. The minimum atomic E-state index is -2.48. The van der Waals surface area contributed by atoms with Gasteiger partial charge in [-0.05, 0) is 43.2 Å². The molecule has 9 heteroatoms. The minimum Gasteiger partial charge on any atom is -0.356 e. The van der Waals surface area contributed by atoms with Crippen LogP contribution in [0.2, 0.25) is 0 Å². The monoisotopic (exact) mass is 427 g/mol. The molecule has 2 aromatic heterocycles. The van der Waals surface area contributed by atoms with Gasteiger partial charge < -0.3 is 10.2 Å². The van der Waals surface area contributed by atoms with Crippen molar-refractivity contribution in [2.24, 2.45) is 0 Å². The number of aromatic nitrogens is 3. The zero-order valence-electron chi connectivity index (χ0n) is 16.0. The summed E-state index contributed by atoms with van der Waals surface area (Å²) in [5.41, 5.74) is 2.50. The van der Waals surface area contributed by atoms with Crippen molar-refractivity contribution in [3.63, 3.8) is 0 Å². The number of hydrogen-bond donors (Lipinski definition) is 1. The number of hydrogen-bond acceptors (Lipinski definition) is 6.